The van der Waals surface area contributed by atoms with Gasteiger partial charge in [0.05, 0.1) is 11.3 Å². The van der Waals surface area contributed by atoms with E-state index in [2.05, 4.69) is 10.3 Å². The normalized spacial score (nSPS) is 11.7. The zero-order valence-corrected chi connectivity index (χ0v) is 14.5. The van der Waals surface area contributed by atoms with Gasteiger partial charge in [-0.1, -0.05) is 12.1 Å². The molecule has 2 heterocycles. The number of nitrogens with zero attached hydrogens (tertiary/aromatic N) is 2. The van der Waals surface area contributed by atoms with E-state index >= 15 is 0 Å². The molecule has 0 aliphatic rings. The number of carbonyl (C=O) groups excluding carboxylic acids is 1. The fourth-order valence-electron chi connectivity index (χ4n) is 2.64. The molecule has 0 spiro atoms. The van der Waals surface area contributed by atoms with Gasteiger partial charge < -0.3 is 5.32 Å². The molecule has 0 saturated carbocycles. The molecule has 4 aromatic rings. The van der Waals surface area contributed by atoms with Crippen LogP contribution in [0.4, 0.5) is 18.9 Å². The van der Waals surface area contributed by atoms with Crippen molar-refractivity contribution in [1.29, 1.82) is 0 Å². The third-order valence-electron chi connectivity index (χ3n) is 3.98. The third kappa shape index (κ3) is 3.56. The number of aromatic nitrogens is 2. The quantitative estimate of drug-likeness (QED) is 0.516. The zero-order valence-electron chi connectivity index (χ0n) is 13.7. The van der Waals surface area contributed by atoms with Gasteiger partial charge in [0.25, 0.3) is 5.91 Å². The first-order valence-corrected chi connectivity index (χ1v) is 8.79. The Morgan fingerprint density at radius 3 is 2.59 bits per heavy atom. The zero-order chi connectivity index (χ0) is 19.0. The lowest BCUT2D eigenvalue weighted by Crippen LogP contribution is -2.12. The Kier molecular flexibility index (Phi) is 4.19. The second-order valence-corrected chi connectivity index (χ2v) is 6.70. The molecule has 0 aliphatic heterocycles. The highest BCUT2D eigenvalue weighted by atomic mass is 32.1. The summed E-state index contributed by atoms with van der Waals surface area (Å²) >= 11 is 1.52. The molecule has 8 heteroatoms. The summed E-state index contributed by atoms with van der Waals surface area (Å²) in [5.41, 5.74) is 1.49. The number of halogens is 3. The van der Waals surface area contributed by atoms with E-state index in [0.29, 0.717) is 5.69 Å². The van der Waals surface area contributed by atoms with Crippen LogP contribution in [0.15, 0.2) is 66.3 Å². The standard InChI is InChI=1S/C19H12F3N3OS/c20-19(21,22)14-6-4-12(5-7-14)17(26)23-15-3-1-2-13(10-15)16-11-25-8-9-27-18(25)24-16/h1-11H,(H,23,26). The number of alkyl halides is 3. The number of amides is 1. The van der Waals surface area contributed by atoms with E-state index in [0.717, 1.165) is 40.5 Å². The maximum absolute atomic E-state index is 12.6. The van der Waals surface area contributed by atoms with Crippen molar-refractivity contribution in [2.24, 2.45) is 0 Å². The molecule has 1 amide bonds. The number of hydrogen-bond donors (Lipinski definition) is 1. The highest BCUT2D eigenvalue weighted by Gasteiger charge is 2.30. The Labute approximate surface area is 155 Å². The summed E-state index contributed by atoms with van der Waals surface area (Å²) in [5, 5.41) is 4.64. The van der Waals surface area contributed by atoms with Crippen LogP contribution < -0.4 is 5.32 Å². The fraction of sp³-hybridized carbons (Fsp3) is 0.0526. The molecule has 0 atom stereocenters. The molecular weight excluding hydrogens is 375 g/mol. The predicted octanol–water partition coefficient (Wildman–Crippen LogP) is 5.33. The van der Waals surface area contributed by atoms with Crippen LogP contribution in [0, 0.1) is 0 Å². The molecule has 27 heavy (non-hydrogen) atoms. The molecule has 0 saturated heterocycles. The molecule has 0 aliphatic carbocycles. The van der Waals surface area contributed by atoms with Crippen LogP contribution in [0.3, 0.4) is 0 Å². The van der Waals surface area contributed by atoms with Gasteiger partial charge >= 0.3 is 6.18 Å². The average Bonchev–Trinajstić information content (AvgIpc) is 3.23. The van der Waals surface area contributed by atoms with Crippen molar-refractivity contribution < 1.29 is 18.0 Å². The van der Waals surface area contributed by atoms with E-state index in [1.54, 1.807) is 18.2 Å². The van der Waals surface area contributed by atoms with Crippen LogP contribution in [-0.2, 0) is 6.18 Å². The highest BCUT2D eigenvalue weighted by molar-refractivity contribution is 7.15. The topological polar surface area (TPSA) is 46.4 Å². The summed E-state index contributed by atoms with van der Waals surface area (Å²) in [5.74, 6) is -0.480. The second kappa shape index (κ2) is 6.55. The number of hydrogen-bond acceptors (Lipinski definition) is 3. The molecule has 1 N–H and O–H groups in total. The van der Waals surface area contributed by atoms with Crippen molar-refractivity contribution in [1.82, 2.24) is 9.38 Å². The number of fused-ring (bicyclic) bond motifs is 1. The summed E-state index contributed by atoms with van der Waals surface area (Å²) < 4.78 is 39.8. The third-order valence-corrected chi connectivity index (χ3v) is 4.75. The lowest BCUT2D eigenvalue weighted by Gasteiger charge is -2.09. The van der Waals surface area contributed by atoms with Crippen LogP contribution in [0.25, 0.3) is 16.2 Å². The van der Waals surface area contributed by atoms with Crippen LogP contribution in [-0.4, -0.2) is 15.3 Å². The van der Waals surface area contributed by atoms with Crippen molar-refractivity contribution in [3.05, 3.63) is 77.4 Å². The first-order chi connectivity index (χ1) is 12.9. The van der Waals surface area contributed by atoms with Gasteiger partial charge in [-0.2, -0.15) is 13.2 Å². The Morgan fingerprint density at radius 1 is 1.11 bits per heavy atom. The molecule has 2 aromatic carbocycles. The van der Waals surface area contributed by atoms with E-state index < -0.39 is 17.6 Å². The summed E-state index contributed by atoms with van der Waals surface area (Å²) in [6.45, 7) is 0. The highest BCUT2D eigenvalue weighted by Crippen LogP contribution is 2.29. The fourth-order valence-corrected chi connectivity index (χ4v) is 3.34. The monoisotopic (exact) mass is 387 g/mol. The van der Waals surface area contributed by atoms with Gasteiger partial charge in [0.2, 0.25) is 0 Å². The maximum Gasteiger partial charge on any atom is 0.416 e. The van der Waals surface area contributed by atoms with Gasteiger partial charge in [0.1, 0.15) is 0 Å². The van der Waals surface area contributed by atoms with Crippen LogP contribution in [0.5, 0.6) is 0 Å². The van der Waals surface area contributed by atoms with E-state index in [4.69, 9.17) is 0 Å². The van der Waals surface area contributed by atoms with E-state index in [9.17, 15) is 18.0 Å². The van der Waals surface area contributed by atoms with Crippen molar-refractivity contribution in [2.45, 2.75) is 6.18 Å². The van der Waals surface area contributed by atoms with Crippen LogP contribution >= 0.6 is 11.3 Å². The van der Waals surface area contributed by atoms with Gasteiger partial charge in [-0.05, 0) is 36.4 Å². The van der Waals surface area contributed by atoms with Crippen molar-refractivity contribution in [3.8, 4) is 11.3 Å². The minimum atomic E-state index is -4.43. The second-order valence-electron chi connectivity index (χ2n) is 5.83. The molecule has 4 nitrogen and oxygen atoms in total. The maximum atomic E-state index is 12.6. The van der Waals surface area contributed by atoms with E-state index in [-0.39, 0.29) is 5.56 Å². The summed E-state index contributed by atoms with van der Waals surface area (Å²) in [6.07, 6.45) is -0.628. The first-order valence-electron chi connectivity index (χ1n) is 7.91. The number of anilines is 1. The largest absolute Gasteiger partial charge is 0.416 e. The number of rotatable bonds is 3. The predicted molar refractivity (Wildman–Crippen MR) is 97.9 cm³/mol. The molecule has 2 aromatic heterocycles. The summed E-state index contributed by atoms with van der Waals surface area (Å²) in [7, 11) is 0. The van der Waals surface area contributed by atoms with Crippen LogP contribution in [0.2, 0.25) is 0 Å². The van der Waals surface area contributed by atoms with Crippen molar-refractivity contribution in [2.75, 3.05) is 5.32 Å². The lowest BCUT2D eigenvalue weighted by atomic mass is 10.1. The van der Waals surface area contributed by atoms with E-state index in [1.165, 1.54) is 11.3 Å². The first kappa shape index (κ1) is 17.3. The van der Waals surface area contributed by atoms with E-state index in [1.807, 2.05) is 28.2 Å². The number of thiazole rings is 1. The molecular formula is C19H12F3N3OS. The molecule has 0 bridgehead atoms. The number of benzene rings is 2. The van der Waals surface area contributed by atoms with Gasteiger partial charge in [0, 0.05) is 34.6 Å². The molecule has 136 valence electrons. The molecule has 0 radical (unpaired) electrons. The van der Waals surface area contributed by atoms with Crippen molar-refractivity contribution in [3.63, 3.8) is 0 Å². The van der Waals surface area contributed by atoms with Crippen LogP contribution in [0.1, 0.15) is 15.9 Å². The molecule has 0 unspecified atom stereocenters. The molecule has 0 fully saturated rings. The molecule has 4 rings (SSSR count). The Hall–Kier alpha value is -3.13. The number of carbonyl (C=O) groups is 1. The summed E-state index contributed by atoms with van der Waals surface area (Å²) in [6, 6.07) is 11.2. The minimum Gasteiger partial charge on any atom is -0.322 e. The van der Waals surface area contributed by atoms with Crippen molar-refractivity contribution >= 4 is 27.9 Å². The average molecular weight is 387 g/mol. The Morgan fingerprint density at radius 2 is 1.89 bits per heavy atom. The van der Waals surface area contributed by atoms with Gasteiger partial charge in [0.15, 0.2) is 4.96 Å². The number of imidazole rings is 1. The Balaban J connectivity index is 1.54. The summed E-state index contributed by atoms with van der Waals surface area (Å²) in [4.78, 5) is 17.7. The minimum absolute atomic E-state index is 0.149. The van der Waals surface area contributed by atoms with Gasteiger partial charge in [-0.15, -0.1) is 11.3 Å². The SMILES string of the molecule is O=C(Nc1cccc(-c2cn3ccsc3n2)c1)c1ccc(C(F)(F)F)cc1. The van der Waals surface area contributed by atoms with Gasteiger partial charge in [-0.25, -0.2) is 4.98 Å². The number of nitrogens with one attached hydrogen (secondary N) is 1. The smallest absolute Gasteiger partial charge is 0.322 e. The lowest BCUT2D eigenvalue weighted by molar-refractivity contribution is -0.137. The Bertz CT molecular complexity index is 1080. The van der Waals surface area contributed by atoms with Gasteiger partial charge in [-0.3, -0.25) is 9.20 Å².